The van der Waals surface area contributed by atoms with Crippen molar-refractivity contribution in [3.63, 3.8) is 0 Å². The van der Waals surface area contributed by atoms with Crippen LogP contribution in [-0.2, 0) is 0 Å². The molecule has 34 heavy (non-hydrogen) atoms. The SMILES string of the molecule is COc1cc(Nc2nc(-c3ccc4oc(=O)[nH]c4c3)c3scnc3n2)ccc1-n1cnc(C)c1. The van der Waals surface area contributed by atoms with Crippen molar-refractivity contribution in [2.45, 2.75) is 6.92 Å². The number of thiazole rings is 1. The van der Waals surface area contributed by atoms with Crippen LogP contribution in [0.25, 0.3) is 38.4 Å². The van der Waals surface area contributed by atoms with E-state index in [2.05, 4.69) is 25.3 Å². The van der Waals surface area contributed by atoms with Crippen molar-refractivity contribution in [2.24, 2.45) is 0 Å². The summed E-state index contributed by atoms with van der Waals surface area (Å²) in [4.78, 5) is 32.2. The van der Waals surface area contributed by atoms with E-state index >= 15 is 0 Å². The number of hydrogen-bond donors (Lipinski definition) is 2. The van der Waals surface area contributed by atoms with Crippen molar-refractivity contribution in [3.05, 3.63) is 70.7 Å². The molecule has 4 aromatic heterocycles. The van der Waals surface area contributed by atoms with Crippen LogP contribution in [0.15, 0.2) is 63.6 Å². The lowest BCUT2D eigenvalue weighted by Crippen LogP contribution is -2.01. The highest BCUT2D eigenvalue weighted by Crippen LogP contribution is 2.33. The summed E-state index contributed by atoms with van der Waals surface area (Å²) in [6, 6.07) is 11.2. The van der Waals surface area contributed by atoms with Crippen molar-refractivity contribution in [2.75, 3.05) is 12.4 Å². The molecule has 2 aromatic carbocycles. The van der Waals surface area contributed by atoms with E-state index in [1.54, 1.807) is 25.0 Å². The standard InChI is InChI=1S/C23H17N7O3S/c1-12-9-30(10-24-12)16-5-4-14(8-18(16)32-2)26-22-28-19(20-21(29-22)25-11-34-20)13-3-6-17-15(7-13)27-23(31)33-17/h3-11H,1-2H3,(H,27,31)(H,26,28,29). The molecule has 6 rings (SSSR count). The van der Waals surface area contributed by atoms with E-state index in [4.69, 9.17) is 14.1 Å². The summed E-state index contributed by atoms with van der Waals surface area (Å²) in [7, 11) is 1.62. The first-order valence-electron chi connectivity index (χ1n) is 10.3. The number of imidazole rings is 1. The van der Waals surface area contributed by atoms with E-state index in [0.29, 0.717) is 34.1 Å². The largest absolute Gasteiger partial charge is 0.494 e. The highest BCUT2D eigenvalue weighted by molar-refractivity contribution is 7.17. The number of aromatic amines is 1. The number of anilines is 2. The van der Waals surface area contributed by atoms with Crippen molar-refractivity contribution < 1.29 is 9.15 Å². The van der Waals surface area contributed by atoms with E-state index in [0.717, 1.165) is 27.3 Å². The zero-order valence-corrected chi connectivity index (χ0v) is 18.9. The Bertz CT molecular complexity index is 1730. The Morgan fingerprint density at radius 1 is 1.15 bits per heavy atom. The van der Waals surface area contributed by atoms with Crippen LogP contribution in [0.2, 0.25) is 0 Å². The summed E-state index contributed by atoms with van der Waals surface area (Å²) in [6.07, 6.45) is 3.68. The molecule has 4 heterocycles. The van der Waals surface area contributed by atoms with Gasteiger partial charge in [0, 0.05) is 23.5 Å². The van der Waals surface area contributed by atoms with Crippen LogP contribution in [-0.4, -0.2) is 36.6 Å². The lowest BCUT2D eigenvalue weighted by molar-refractivity contribution is 0.413. The molecule has 0 saturated carbocycles. The maximum atomic E-state index is 11.6. The number of fused-ring (bicyclic) bond motifs is 2. The van der Waals surface area contributed by atoms with Crippen LogP contribution in [0, 0.1) is 6.92 Å². The molecule has 0 bridgehead atoms. The predicted octanol–water partition coefficient (Wildman–Crippen LogP) is 4.43. The van der Waals surface area contributed by atoms with Gasteiger partial charge < -0.3 is 19.0 Å². The molecule has 6 aromatic rings. The average molecular weight is 472 g/mol. The van der Waals surface area contributed by atoms with Gasteiger partial charge in [-0.15, -0.1) is 11.3 Å². The van der Waals surface area contributed by atoms with Gasteiger partial charge in [-0.25, -0.2) is 19.7 Å². The first-order valence-corrected chi connectivity index (χ1v) is 11.2. The molecule has 0 atom stereocenters. The van der Waals surface area contributed by atoms with Gasteiger partial charge in [0.1, 0.15) is 5.75 Å². The summed E-state index contributed by atoms with van der Waals surface area (Å²) < 4.78 is 13.5. The molecule has 0 unspecified atom stereocenters. The van der Waals surface area contributed by atoms with Crippen molar-refractivity contribution in [1.82, 2.24) is 29.5 Å². The highest BCUT2D eigenvalue weighted by Gasteiger charge is 2.15. The number of hydrogen-bond acceptors (Lipinski definition) is 9. The van der Waals surface area contributed by atoms with E-state index in [-0.39, 0.29) is 0 Å². The highest BCUT2D eigenvalue weighted by atomic mass is 32.1. The quantitative estimate of drug-likeness (QED) is 0.378. The summed E-state index contributed by atoms with van der Waals surface area (Å²) in [5.41, 5.74) is 7.46. The summed E-state index contributed by atoms with van der Waals surface area (Å²) in [6.45, 7) is 1.93. The average Bonchev–Trinajstić information content (AvgIpc) is 3.56. The number of nitrogens with zero attached hydrogens (tertiary/aromatic N) is 5. The smallest absolute Gasteiger partial charge is 0.417 e. The minimum absolute atomic E-state index is 0.391. The fraction of sp³-hybridized carbons (Fsp3) is 0.0870. The van der Waals surface area contributed by atoms with Crippen molar-refractivity contribution >= 4 is 44.4 Å². The summed E-state index contributed by atoms with van der Waals surface area (Å²) in [5, 5.41) is 3.26. The lowest BCUT2D eigenvalue weighted by Gasteiger charge is -2.12. The molecular formula is C23H17N7O3S. The normalized spacial score (nSPS) is 11.4. The fourth-order valence-corrected chi connectivity index (χ4v) is 4.50. The van der Waals surface area contributed by atoms with Gasteiger partial charge in [-0.1, -0.05) is 0 Å². The first-order chi connectivity index (χ1) is 16.6. The zero-order valence-electron chi connectivity index (χ0n) is 18.1. The second kappa shape index (κ2) is 7.81. The number of oxazole rings is 1. The third-order valence-electron chi connectivity index (χ3n) is 5.31. The van der Waals surface area contributed by atoms with Gasteiger partial charge in [-0.05, 0) is 37.3 Å². The Hall–Kier alpha value is -4.51. The van der Waals surface area contributed by atoms with Gasteiger partial charge >= 0.3 is 5.76 Å². The van der Waals surface area contributed by atoms with Gasteiger partial charge in [0.15, 0.2) is 11.2 Å². The summed E-state index contributed by atoms with van der Waals surface area (Å²) >= 11 is 1.45. The number of rotatable bonds is 5. The number of aromatic nitrogens is 6. The van der Waals surface area contributed by atoms with Gasteiger partial charge in [0.25, 0.3) is 0 Å². The second-order valence-electron chi connectivity index (χ2n) is 7.56. The maximum absolute atomic E-state index is 11.6. The Morgan fingerprint density at radius 2 is 2.06 bits per heavy atom. The van der Waals surface area contributed by atoms with Gasteiger partial charge in [0.05, 0.1) is 46.2 Å². The Morgan fingerprint density at radius 3 is 2.88 bits per heavy atom. The number of benzene rings is 2. The zero-order chi connectivity index (χ0) is 23.2. The maximum Gasteiger partial charge on any atom is 0.417 e. The number of aryl methyl sites for hydroxylation is 1. The van der Waals surface area contributed by atoms with Crippen molar-refractivity contribution in [1.29, 1.82) is 0 Å². The molecule has 0 aliphatic rings. The molecule has 0 saturated heterocycles. The summed E-state index contributed by atoms with van der Waals surface area (Å²) in [5.74, 6) is 0.567. The molecule has 0 fully saturated rings. The predicted molar refractivity (Wildman–Crippen MR) is 129 cm³/mol. The number of H-pyrrole nitrogens is 1. The number of nitrogens with one attached hydrogen (secondary N) is 2. The van der Waals surface area contributed by atoms with Crippen molar-refractivity contribution in [3.8, 4) is 22.7 Å². The van der Waals surface area contributed by atoms with Crippen LogP contribution in [0.5, 0.6) is 5.75 Å². The minimum atomic E-state index is -0.497. The van der Waals surface area contributed by atoms with Gasteiger partial charge in [0.2, 0.25) is 5.95 Å². The fourth-order valence-electron chi connectivity index (χ4n) is 3.77. The van der Waals surface area contributed by atoms with Crippen LogP contribution in [0.3, 0.4) is 0 Å². The van der Waals surface area contributed by atoms with E-state index < -0.39 is 5.76 Å². The number of methoxy groups -OCH3 is 1. The third-order valence-corrected chi connectivity index (χ3v) is 6.13. The molecule has 0 amide bonds. The lowest BCUT2D eigenvalue weighted by atomic mass is 10.1. The van der Waals surface area contributed by atoms with Crippen LogP contribution < -0.4 is 15.8 Å². The molecule has 11 heteroatoms. The molecule has 0 radical (unpaired) electrons. The Kier molecular flexibility index (Phi) is 4.62. The molecule has 10 nitrogen and oxygen atoms in total. The molecular weight excluding hydrogens is 454 g/mol. The second-order valence-corrected chi connectivity index (χ2v) is 8.42. The monoisotopic (exact) mass is 471 g/mol. The molecule has 0 spiro atoms. The van der Waals surface area contributed by atoms with Crippen LogP contribution in [0.1, 0.15) is 5.69 Å². The number of ether oxygens (including phenoxy) is 1. The van der Waals surface area contributed by atoms with E-state index in [1.807, 2.05) is 48.0 Å². The molecule has 2 N–H and O–H groups in total. The topological polar surface area (TPSA) is 124 Å². The Balaban J connectivity index is 1.40. The molecule has 168 valence electrons. The minimum Gasteiger partial charge on any atom is -0.494 e. The molecule has 0 aliphatic carbocycles. The first kappa shape index (κ1) is 20.1. The van der Waals surface area contributed by atoms with Gasteiger partial charge in [-0.2, -0.15) is 4.98 Å². The van der Waals surface area contributed by atoms with Gasteiger partial charge in [-0.3, -0.25) is 4.98 Å². The van der Waals surface area contributed by atoms with Crippen LogP contribution in [0.4, 0.5) is 11.6 Å². The Labute approximate surface area is 195 Å². The third kappa shape index (κ3) is 3.48. The van der Waals surface area contributed by atoms with E-state index in [1.165, 1.54) is 11.3 Å². The van der Waals surface area contributed by atoms with Crippen LogP contribution >= 0.6 is 11.3 Å². The molecule has 0 aliphatic heterocycles. The van der Waals surface area contributed by atoms with E-state index in [9.17, 15) is 4.79 Å².